The van der Waals surface area contributed by atoms with Crippen molar-refractivity contribution >= 4 is 0 Å². The molecule has 154 valence electrons. The molecule has 0 aromatic rings. The number of azide groups is 2. The van der Waals surface area contributed by atoms with Crippen LogP contribution in [-0.4, -0.2) is 84.3 Å². The second-order valence-electron chi connectivity index (χ2n) is 7.61. The molecular formula is C16H24N6O6. The van der Waals surface area contributed by atoms with Gasteiger partial charge in [-0.05, 0) is 36.7 Å². The lowest BCUT2D eigenvalue weighted by atomic mass is 9.82. The Morgan fingerprint density at radius 2 is 1.21 bits per heavy atom. The first kappa shape index (κ1) is 19.7. The van der Waals surface area contributed by atoms with Crippen LogP contribution >= 0.6 is 0 Å². The maximum atomic E-state index is 10.9. The van der Waals surface area contributed by atoms with Gasteiger partial charge in [0.15, 0.2) is 0 Å². The summed E-state index contributed by atoms with van der Waals surface area (Å²) in [6.07, 6.45) is -3.17. The zero-order valence-corrected chi connectivity index (χ0v) is 15.2. The average Bonchev–Trinajstić information content (AvgIpc) is 2.72. The van der Waals surface area contributed by atoms with Gasteiger partial charge in [0.05, 0.1) is 48.7 Å². The molecule has 10 atom stereocenters. The summed E-state index contributed by atoms with van der Waals surface area (Å²) in [5.41, 5.74) is 18.0. The molecule has 0 aromatic carbocycles. The van der Waals surface area contributed by atoms with Crippen LogP contribution in [0.5, 0.6) is 0 Å². The molecule has 0 radical (unpaired) electrons. The molecule has 12 nitrogen and oxygen atoms in total. The fourth-order valence-corrected chi connectivity index (χ4v) is 4.75. The Labute approximate surface area is 161 Å². The molecule has 2 N–H and O–H groups in total. The second-order valence-corrected chi connectivity index (χ2v) is 7.61. The van der Waals surface area contributed by atoms with E-state index in [9.17, 15) is 10.2 Å². The van der Waals surface area contributed by atoms with E-state index in [-0.39, 0.29) is 6.10 Å². The van der Waals surface area contributed by atoms with E-state index >= 15 is 0 Å². The van der Waals surface area contributed by atoms with Crippen LogP contribution in [-0.2, 0) is 18.9 Å². The summed E-state index contributed by atoms with van der Waals surface area (Å²) in [6, 6.07) is -1.86. The minimum absolute atomic E-state index is 0.384. The number of hydrogen-bond acceptors (Lipinski definition) is 8. The predicted molar refractivity (Wildman–Crippen MR) is 93.2 cm³/mol. The number of rotatable bonds is 3. The van der Waals surface area contributed by atoms with Crippen molar-refractivity contribution < 1.29 is 29.2 Å². The van der Waals surface area contributed by atoms with Crippen molar-refractivity contribution in [3.63, 3.8) is 0 Å². The molecule has 0 spiro atoms. The highest BCUT2D eigenvalue weighted by molar-refractivity contribution is 5.07. The molecule has 0 amide bonds. The molecule has 28 heavy (non-hydrogen) atoms. The van der Waals surface area contributed by atoms with Gasteiger partial charge in [-0.1, -0.05) is 10.2 Å². The summed E-state index contributed by atoms with van der Waals surface area (Å²) < 4.78 is 23.6. The zero-order chi connectivity index (χ0) is 19.7. The standard InChI is InChI=1S/C16H24N6O6/c17-21-19-9-12(24)16(28-7-3-1-5-25-13(7)9)15-10(20-22-18)11(23)14-8(27-15)4-2-6-26-14/h7-16,23-24H,1-6H2/t7-,8-,9+,10+,11+,12+,13-,14-,15-,16+/m0/s1. The first-order valence-electron chi connectivity index (χ1n) is 9.64. The van der Waals surface area contributed by atoms with Gasteiger partial charge in [0, 0.05) is 23.0 Å². The lowest BCUT2D eigenvalue weighted by molar-refractivity contribution is -0.280. The minimum atomic E-state index is -1.23. The number of nitrogens with zero attached hydrogens (tertiary/aromatic N) is 6. The molecule has 0 aromatic heterocycles. The van der Waals surface area contributed by atoms with Crippen LogP contribution in [0.15, 0.2) is 10.2 Å². The largest absolute Gasteiger partial charge is 0.390 e. The molecule has 12 heteroatoms. The molecule has 4 aliphatic rings. The Balaban J connectivity index is 1.64. The van der Waals surface area contributed by atoms with E-state index in [0.717, 1.165) is 12.8 Å². The Morgan fingerprint density at radius 1 is 0.714 bits per heavy atom. The molecule has 0 aliphatic carbocycles. The highest BCUT2D eigenvalue weighted by Crippen LogP contribution is 2.39. The molecule has 4 saturated heterocycles. The number of ether oxygens (including phenoxy) is 4. The van der Waals surface area contributed by atoms with Crippen LogP contribution in [0.3, 0.4) is 0 Å². The van der Waals surface area contributed by atoms with Gasteiger partial charge in [-0.15, -0.1) is 0 Å². The molecule has 0 saturated carbocycles. The van der Waals surface area contributed by atoms with Gasteiger partial charge in [-0.3, -0.25) is 0 Å². The first-order chi connectivity index (χ1) is 13.7. The van der Waals surface area contributed by atoms with E-state index in [1.54, 1.807) is 0 Å². The van der Waals surface area contributed by atoms with Gasteiger partial charge >= 0.3 is 0 Å². The normalized spacial score (nSPS) is 48.4. The van der Waals surface area contributed by atoms with Crippen LogP contribution in [0.1, 0.15) is 25.7 Å². The summed E-state index contributed by atoms with van der Waals surface area (Å²) in [7, 11) is 0. The van der Waals surface area contributed by atoms with E-state index in [1.807, 2.05) is 0 Å². The molecule has 4 heterocycles. The van der Waals surface area contributed by atoms with Crippen molar-refractivity contribution in [2.24, 2.45) is 10.2 Å². The van der Waals surface area contributed by atoms with Crippen LogP contribution in [0, 0.1) is 0 Å². The number of aliphatic hydroxyl groups is 2. The predicted octanol–water partition coefficient (Wildman–Crippen LogP) is 0.959. The Morgan fingerprint density at radius 3 is 1.86 bits per heavy atom. The Kier molecular flexibility index (Phi) is 5.91. The Bertz CT molecular complexity index is 670. The molecule has 0 bridgehead atoms. The summed E-state index contributed by atoms with van der Waals surface area (Å²) in [4.78, 5) is 5.69. The SMILES string of the molecule is [N-]=[N+]=N[C@@H]1[C@@H](O)[C@H]([C@H]2O[C@H]3CCCO[C@@H]3[C@H](O)[C@H]2N=[N+]=[N-])O[C@H]2CCCO[C@H]12. The smallest absolute Gasteiger partial charge is 0.111 e. The average molecular weight is 396 g/mol. The van der Waals surface area contributed by atoms with Gasteiger partial charge in [-0.25, -0.2) is 0 Å². The third-order valence-corrected chi connectivity index (χ3v) is 6.02. The van der Waals surface area contributed by atoms with Crippen molar-refractivity contribution in [1.29, 1.82) is 0 Å². The molecule has 4 aliphatic heterocycles. The lowest BCUT2D eigenvalue weighted by Crippen LogP contribution is -2.68. The van der Waals surface area contributed by atoms with Crippen molar-refractivity contribution in [1.82, 2.24) is 0 Å². The third kappa shape index (κ3) is 3.42. The molecule has 0 unspecified atom stereocenters. The summed E-state index contributed by atoms with van der Waals surface area (Å²) in [5, 5.41) is 29.2. The minimum Gasteiger partial charge on any atom is -0.390 e. The molecule has 4 fully saturated rings. The van der Waals surface area contributed by atoms with Crippen molar-refractivity contribution in [3.8, 4) is 0 Å². The lowest BCUT2D eigenvalue weighted by Gasteiger charge is -2.52. The summed E-state index contributed by atoms with van der Waals surface area (Å²) in [5.74, 6) is 0. The van der Waals surface area contributed by atoms with Crippen LogP contribution < -0.4 is 0 Å². The summed E-state index contributed by atoms with van der Waals surface area (Å²) >= 11 is 0. The van der Waals surface area contributed by atoms with Crippen molar-refractivity contribution in [2.45, 2.75) is 86.6 Å². The zero-order valence-electron chi connectivity index (χ0n) is 15.2. The number of aliphatic hydroxyl groups excluding tert-OH is 2. The highest BCUT2D eigenvalue weighted by atomic mass is 16.6. The van der Waals surface area contributed by atoms with Gasteiger partial charge in [0.1, 0.15) is 12.2 Å². The van der Waals surface area contributed by atoms with E-state index in [4.69, 9.17) is 30.0 Å². The fourth-order valence-electron chi connectivity index (χ4n) is 4.75. The molecular weight excluding hydrogens is 372 g/mol. The quantitative estimate of drug-likeness (QED) is 0.408. The van der Waals surface area contributed by atoms with Crippen molar-refractivity contribution in [3.05, 3.63) is 20.9 Å². The summed E-state index contributed by atoms with van der Waals surface area (Å²) in [6.45, 7) is 0.998. The van der Waals surface area contributed by atoms with Crippen LogP contribution in [0.2, 0.25) is 0 Å². The van der Waals surface area contributed by atoms with Crippen LogP contribution in [0.4, 0.5) is 0 Å². The van der Waals surface area contributed by atoms with Gasteiger partial charge in [0.25, 0.3) is 0 Å². The molecule has 4 rings (SSSR count). The van der Waals surface area contributed by atoms with Crippen LogP contribution in [0.25, 0.3) is 20.9 Å². The van der Waals surface area contributed by atoms with E-state index in [0.29, 0.717) is 26.1 Å². The van der Waals surface area contributed by atoms with E-state index in [1.165, 1.54) is 0 Å². The van der Waals surface area contributed by atoms with E-state index < -0.39 is 54.8 Å². The van der Waals surface area contributed by atoms with E-state index in [2.05, 4.69) is 20.1 Å². The van der Waals surface area contributed by atoms with Gasteiger partial charge < -0.3 is 29.2 Å². The monoisotopic (exact) mass is 396 g/mol. The maximum absolute atomic E-state index is 10.9. The Hall–Kier alpha value is -1.62. The third-order valence-electron chi connectivity index (χ3n) is 6.02. The maximum Gasteiger partial charge on any atom is 0.111 e. The van der Waals surface area contributed by atoms with Gasteiger partial charge in [-0.2, -0.15) is 0 Å². The first-order valence-corrected chi connectivity index (χ1v) is 9.64. The second kappa shape index (κ2) is 8.40. The van der Waals surface area contributed by atoms with Gasteiger partial charge in [0.2, 0.25) is 0 Å². The highest BCUT2D eigenvalue weighted by Gasteiger charge is 2.55. The topological polar surface area (TPSA) is 175 Å². The number of fused-ring (bicyclic) bond motifs is 2. The number of hydrogen-bond donors (Lipinski definition) is 2. The fraction of sp³-hybridized carbons (Fsp3) is 1.00. The van der Waals surface area contributed by atoms with Crippen molar-refractivity contribution in [2.75, 3.05) is 13.2 Å².